The van der Waals surface area contributed by atoms with Gasteiger partial charge in [-0.2, -0.15) is 0 Å². The number of hydrogen-bond donors (Lipinski definition) is 2. The van der Waals surface area contributed by atoms with Crippen LogP contribution in [0.25, 0.3) is 10.9 Å². The topological polar surface area (TPSA) is 59.0 Å². The van der Waals surface area contributed by atoms with E-state index in [1.54, 1.807) is 24.7 Å². The van der Waals surface area contributed by atoms with Crippen molar-refractivity contribution in [2.75, 3.05) is 10.6 Å². The smallest absolute Gasteiger partial charge is 0.262 e. The van der Waals surface area contributed by atoms with Crippen LogP contribution >= 0.6 is 12.2 Å². The zero-order chi connectivity index (χ0) is 19.5. The monoisotopic (exact) mass is 390 g/mol. The van der Waals surface area contributed by atoms with E-state index in [-0.39, 0.29) is 5.91 Å². The second-order valence-electron chi connectivity index (χ2n) is 6.10. The highest BCUT2D eigenvalue weighted by molar-refractivity contribution is 7.80. The van der Waals surface area contributed by atoms with Gasteiger partial charge in [0.25, 0.3) is 5.91 Å². The molecule has 5 nitrogen and oxygen atoms in total. The van der Waals surface area contributed by atoms with Crippen LogP contribution in [0.4, 0.5) is 15.8 Å². The molecule has 0 aliphatic rings. The summed E-state index contributed by atoms with van der Waals surface area (Å²) in [5.74, 6) is -0.729. The van der Waals surface area contributed by atoms with Crippen molar-refractivity contribution in [3.05, 3.63) is 90.6 Å². The summed E-state index contributed by atoms with van der Waals surface area (Å²) in [6.45, 7) is 0. The van der Waals surface area contributed by atoms with E-state index in [4.69, 9.17) is 12.2 Å². The third-order valence-electron chi connectivity index (χ3n) is 4.16. The van der Waals surface area contributed by atoms with Crippen LogP contribution in [0.3, 0.4) is 0 Å². The molecule has 2 N–H and O–H groups in total. The molecule has 0 radical (unpaired) electrons. The zero-order valence-electron chi connectivity index (χ0n) is 14.6. The number of anilines is 2. The maximum absolute atomic E-state index is 13.4. The quantitative estimate of drug-likeness (QED) is 0.498. The molecule has 0 saturated carbocycles. The molecule has 0 saturated heterocycles. The molecule has 2 aromatic carbocycles. The van der Waals surface area contributed by atoms with Gasteiger partial charge in [-0.1, -0.05) is 6.07 Å². The molecule has 7 heteroatoms. The van der Waals surface area contributed by atoms with Crippen molar-refractivity contribution in [1.29, 1.82) is 0 Å². The molecule has 138 valence electrons. The van der Waals surface area contributed by atoms with Crippen LogP contribution < -0.4 is 10.6 Å². The fraction of sp³-hybridized carbons (Fsp3) is 0. The van der Waals surface area contributed by atoms with E-state index < -0.39 is 5.82 Å². The highest BCUT2D eigenvalue weighted by atomic mass is 32.1. The number of halogens is 1. The molecule has 0 aliphatic carbocycles. The largest absolute Gasteiger partial charge is 0.332 e. The lowest BCUT2D eigenvalue weighted by Crippen LogP contribution is -2.19. The normalized spacial score (nSPS) is 10.6. The predicted molar refractivity (Wildman–Crippen MR) is 112 cm³/mol. The summed E-state index contributed by atoms with van der Waals surface area (Å²) in [5.41, 5.74) is 2.59. The van der Waals surface area contributed by atoms with Crippen molar-refractivity contribution in [1.82, 2.24) is 9.55 Å². The number of pyridine rings is 1. The second-order valence-corrected chi connectivity index (χ2v) is 6.50. The summed E-state index contributed by atoms with van der Waals surface area (Å²) in [6.07, 6.45) is 5.04. The summed E-state index contributed by atoms with van der Waals surface area (Å²) >= 11 is 5.32. The molecule has 2 heterocycles. The second kappa shape index (κ2) is 7.58. The minimum absolute atomic E-state index is 0.288. The van der Waals surface area contributed by atoms with Gasteiger partial charge in [0.15, 0.2) is 5.11 Å². The van der Waals surface area contributed by atoms with Gasteiger partial charge in [-0.15, -0.1) is 0 Å². The van der Waals surface area contributed by atoms with Crippen LogP contribution in [0.1, 0.15) is 10.4 Å². The standard InChI is InChI=1S/C21H15FN4OS/c22-16-4-1-3-15(11-16)20(27)26-10-8-14-12-17(6-7-19(14)26)24-21(28)25-18-5-2-9-23-13-18/h1-13H,(H2,24,25,28). The predicted octanol–water partition coefficient (Wildman–Crippen LogP) is 4.67. The third kappa shape index (κ3) is 3.74. The Kier molecular flexibility index (Phi) is 4.82. The lowest BCUT2D eigenvalue weighted by molar-refractivity contribution is 0.0964. The van der Waals surface area contributed by atoms with Crippen LogP contribution in [-0.2, 0) is 0 Å². The Labute approximate surface area is 165 Å². The van der Waals surface area contributed by atoms with E-state index >= 15 is 0 Å². The van der Waals surface area contributed by atoms with Crippen molar-refractivity contribution in [3.63, 3.8) is 0 Å². The number of carbonyl (C=O) groups is 1. The first kappa shape index (κ1) is 17.8. The van der Waals surface area contributed by atoms with Gasteiger partial charge in [0.2, 0.25) is 0 Å². The molecule has 28 heavy (non-hydrogen) atoms. The van der Waals surface area contributed by atoms with E-state index in [0.717, 1.165) is 22.3 Å². The molecule has 2 aromatic heterocycles. The Morgan fingerprint density at radius 2 is 1.86 bits per heavy atom. The van der Waals surface area contributed by atoms with Gasteiger partial charge >= 0.3 is 0 Å². The summed E-state index contributed by atoms with van der Waals surface area (Å²) in [6, 6.07) is 16.7. The van der Waals surface area contributed by atoms with Gasteiger partial charge in [-0.05, 0) is 66.8 Å². The van der Waals surface area contributed by atoms with Crippen molar-refractivity contribution >= 4 is 45.5 Å². The summed E-state index contributed by atoms with van der Waals surface area (Å²) in [4.78, 5) is 16.7. The van der Waals surface area contributed by atoms with Crippen molar-refractivity contribution in [2.45, 2.75) is 0 Å². The van der Waals surface area contributed by atoms with E-state index in [2.05, 4.69) is 15.6 Å². The molecule has 0 aliphatic heterocycles. The van der Waals surface area contributed by atoms with Gasteiger partial charge in [0, 0.05) is 29.0 Å². The number of thiocarbonyl (C=S) groups is 1. The Hall–Kier alpha value is -3.58. The van der Waals surface area contributed by atoms with Gasteiger partial charge in [-0.3, -0.25) is 14.3 Å². The highest BCUT2D eigenvalue weighted by Crippen LogP contribution is 2.22. The third-order valence-corrected chi connectivity index (χ3v) is 4.36. The van der Waals surface area contributed by atoms with Crippen LogP contribution in [0, 0.1) is 5.82 Å². The summed E-state index contributed by atoms with van der Waals surface area (Å²) < 4.78 is 14.9. The minimum Gasteiger partial charge on any atom is -0.332 e. The molecule has 4 aromatic rings. The average molecular weight is 390 g/mol. The molecule has 0 bridgehead atoms. The Balaban J connectivity index is 1.54. The number of aromatic nitrogens is 2. The lowest BCUT2D eigenvalue weighted by atomic mass is 10.2. The Bertz CT molecular complexity index is 1170. The van der Waals surface area contributed by atoms with E-state index in [1.807, 2.05) is 36.4 Å². The zero-order valence-corrected chi connectivity index (χ0v) is 15.4. The Morgan fingerprint density at radius 1 is 1.00 bits per heavy atom. The molecule has 0 amide bonds. The molecule has 0 spiro atoms. The molecule has 0 fully saturated rings. The van der Waals surface area contributed by atoms with Crippen LogP contribution in [-0.4, -0.2) is 20.6 Å². The number of fused-ring (bicyclic) bond motifs is 1. The summed E-state index contributed by atoms with van der Waals surface area (Å²) in [5, 5.41) is 7.45. The van der Waals surface area contributed by atoms with Crippen LogP contribution in [0.2, 0.25) is 0 Å². The first-order valence-electron chi connectivity index (χ1n) is 8.49. The van der Waals surface area contributed by atoms with Gasteiger partial charge in [-0.25, -0.2) is 4.39 Å². The average Bonchev–Trinajstić information content (AvgIpc) is 3.11. The number of hydrogen-bond acceptors (Lipinski definition) is 3. The maximum Gasteiger partial charge on any atom is 0.262 e. The minimum atomic E-state index is -0.441. The SMILES string of the molecule is O=C(c1cccc(F)c1)n1ccc2cc(NC(=S)Nc3cccnc3)ccc21. The van der Waals surface area contributed by atoms with Gasteiger partial charge in [0.05, 0.1) is 17.4 Å². The maximum atomic E-state index is 13.4. The summed E-state index contributed by atoms with van der Waals surface area (Å²) in [7, 11) is 0. The number of benzene rings is 2. The first-order valence-corrected chi connectivity index (χ1v) is 8.90. The highest BCUT2D eigenvalue weighted by Gasteiger charge is 2.12. The number of nitrogens with one attached hydrogen (secondary N) is 2. The van der Waals surface area contributed by atoms with Crippen molar-refractivity contribution in [3.8, 4) is 0 Å². The fourth-order valence-corrected chi connectivity index (χ4v) is 3.12. The molecule has 0 atom stereocenters. The number of carbonyl (C=O) groups excluding carboxylic acids is 1. The van der Waals surface area contributed by atoms with E-state index in [1.165, 1.54) is 22.8 Å². The van der Waals surface area contributed by atoms with E-state index in [9.17, 15) is 9.18 Å². The van der Waals surface area contributed by atoms with Crippen LogP contribution in [0.15, 0.2) is 79.3 Å². The number of nitrogens with zero attached hydrogens (tertiary/aromatic N) is 2. The van der Waals surface area contributed by atoms with Crippen LogP contribution in [0.5, 0.6) is 0 Å². The molecular weight excluding hydrogens is 375 g/mol. The van der Waals surface area contributed by atoms with Crippen molar-refractivity contribution < 1.29 is 9.18 Å². The fourth-order valence-electron chi connectivity index (χ4n) is 2.89. The molecular formula is C21H15FN4OS. The molecule has 4 rings (SSSR count). The molecule has 0 unspecified atom stereocenters. The Morgan fingerprint density at radius 3 is 2.64 bits per heavy atom. The van der Waals surface area contributed by atoms with Crippen molar-refractivity contribution in [2.24, 2.45) is 0 Å². The lowest BCUT2D eigenvalue weighted by Gasteiger charge is -2.11. The van der Waals surface area contributed by atoms with E-state index in [0.29, 0.717) is 10.7 Å². The first-order chi connectivity index (χ1) is 13.6. The number of rotatable bonds is 3. The van der Waals surface area contributed by atoms with Gasteiger partial charge in [0.1, 0.15) is 5.82 Å². The van der Waals surface area contributed by atoms with Gasteiger partial charge < -0.3 is 10.6 Å².